The minimum Gasteiger partial charge on any atom is -0.393 e. The highest BCUT2D eigenvalue weighted by atomic mass is 16.3. The first-order chi connectivity index (χ1) is 8.61. The van der Waals surface area contributed by atoms with E-state index in [1.807, 2.05) is 6.92 Å². The van der Waals surface area contributed by atoms with Gasteiger partial charge in [-0.3, -0.25) is 0 Å². The van der Waals surface area contributed by atoms with Crippen LogP contribution < -0.4 is 10.6 Å². The fourth-order valence-electron chi connectivity index (χ4n) is 2.58. The minimum absolute atomic E-state index is 0.142. The average molecular weight is 248 g/mol. The molecule has 3 atom stereocenters. The van der Waals surface area contributed by atoms with Gasteiger partial charge < -0.3 is 15.7 Å². The van der Waals surface area contributed by atoms with Crippen LogP contribution in [0.3, 0.4) is 0 Å². The van der Waals surface area contributed by atoms with Crippen molar-refractivity contribution < 1.29 is 5.11 Å². The summed E-state index contributed by atoms with van der Waals surface area (Å²) in [5, 5.41) is 9.62. The summed E-state index contributed by atoms with van der Waals surface area (Å²) in [6.45, 7) is 5.98. The topological polar surface area (TPSA) is 49.5 Å². The third-order valence-electron chi connectivity index (χ3n) is 4.03. The second-order valence-electron chi connectivity index (χ2n) is 5.34. The van der Waals surface area contributed by atoms with Crippen LogP contribution in [0.4, 0.5) is 5.69 Å². The van der Waals surface area contributed by atoms with Gasteiger partial charge in [0.05, 0.1) is 6.10 Å². The Hall–Kier alpha value is -1.06. The molecule has 1 saturated heterocycles. The molecule has 2 rings (SSSR count). The SMILES string of the molecule is CCC(N)c1ccc(N2CCC(C(C)O)C2)cc1. The first-order valence-electron chi connectivity index (χ1n) is 6.90. The van der Waals surface area contributed by atoms with Crippen LogP contribution >= 0.6 is 0 Å². The van der Waals surface area contributed by atoms with Gasteiger partial charge in [-0.1, -0.05) is 19.1 Å². The predicted molar refractivity (Wildman–Crippen MR) is 75.7 cm³/mol. The Balaban J connectivity index is 2.02. The van der Waals surface area contributed by atoms with Gasteiger partial charge in [0.1, 0.15) is 0 Å². The van der Waals surface area contributed by atoms with Gasteiger partial charge in [-0.25, -0.2) is 0 Å². The summed E-state index contributed by atoms with van der Waals surface area (Å²) in [7, 11) is 0. The predicted octanol–water partition coefficient (Wildman–Crippen LogP) is 2.30. The molecule has 1 heterocycles. The Labute approximate surface area is 110 Å². The Morgan fingerprint density at radius 3 is 2.56 bits per heavy atom. The van der Waals surface area contributed by atoms with E-state index < -0.39 is 0 Å². The summed E-state index contributed by atoms with van der Waals surface area (Å²) in [6.07, 6.45) is 1.84. The monoisotopic (exact) mass is 248 g/mol. The highest BCUT2D eigenvalue weighted by molar-refractivity contribution is 5.49. The summed E-state index contributed by atoms with van der Waals surface area (Å²) in [5.41, 5.74) is 8.46. The lowest BCUT2D eigenvalue weighted by molar-refractivity contribution is 0.136. The number of nitrogens with two attached hydrogens (primary N) is 1. The maximum Gasteiger partial charge on any atom is 0.0557 e. The molecule has 0 amide bonds. The van der Waals surface area contributed by atoms with Crippen LogP contribution in [0.1, 0.15) is 38.3 Å². The molecule has 1 fully saturated rings. The highest BCUT2D eigenvalue weighted by Crippen LogP contribution is 2.27. The molecule has 3 N–H and O–H groups in total. The molecule has 1 aliphatic heterocycles. The zero-order valence-corrected chi connectivity index (χ0v) is 11.3. The van der Waals surface area contributed by atoms with E-state index in [1.54, 1.807) is 0 Å². The molecule has 1 aromatic rings. The molecule has 1 aliphatic rings. The van der Waals surface area contributed by atoms with Crippen molar-refractivity contribution in [2.45, 2.75) is 38.8 Å². The molecular formula is C15H24N2O. The number of hydrogen-bond donors (Lipinski definition) is 2. The van der Waals surface area contributed by atoms with Gasteiger partial charge in [-0.05, 0) is 37.5 Å². The fraction of sp³-hybridized carbons (Fsp3) is 0.600. The van der Waals surface area contributed by atoms with Crippen LogP contribution in [0.5, 0.6) is 0 Å². The standard InChI is InChI=1S/C15H24N2O/c1-3-15(16)12-4-6-14(7-5-12)17-9-8-13(10-17)11(2)18/h4-7,11,13,15,18H,3,8-10,16H2,1-2H3. The lowest BCUT2D eigenvalue weighted by atomic mass is 10.0. The summed E-state index contributed by atoms with van der Waals surface area (Å²) >= 11 is 0. The normalized spacial score (nSPS) is 23.1. The number of hydrogen-bond acceptors (Lipinski definition) is 3. The Kier molecular flexibility index (Phi) is 4.25. The summed E-state index contributed by atoms with van der Waals surface area (Å²) in [6, 6.07) is 8.69. The Morgan fingerprint density at radius 2 is 2.06 bits per heavy atom. The van der Waals surface area contributed by atoms with Gasteiger partial charge in [0.25, 0.3) is 0 Å². The molecule has 0 saturated carbocycles. The molecule has 1 aromatic carbocycles. The lowest BCUT2D eigenvalue weighted by Gasteiger charge is -2.20. The summed E-state index contributed by atoms with van der Waals surface area (Å²) < 4.78 is 0. The second-order valence-corrected chi connectivity index (χ2v) is 5.34. The van der Waals surface area contributed by atoms with Crippen molar-refractivity contribution in [2.24, 2.45) is 11.7 Å². The van der Waals surface area contributed by atoms with Crippen LogP contribution in [0.25, 0.3) is 0 Å². The van der Waals surface area contributed by atoms with Gasteiger partial charge in [-0.15, -0.1) is 0 Å². The average Bonchev–Trinajstić information content (AvgIpc) is 2.88. The van der Waals surface area contributed by atoms with Crippen LogP contribution in [0.2, 0.25) is 0 Å². The van der Waals surface area contributed by atoms with Crippen LogP contribution in [0.15, 0.2) is 24.3 Å². The van der Waals surface area contributed by atoms with Crippen LogP contribution in [-0.2, 0) is 0 Å². The van der Waals surface area contributed by atoms with Gasteiger partial charge in [-0.2, -0.15) is 0 Å². The largest absolute Gasteiger partial charge is 0.393 e. The van der Waals surface area contributed by atoms with E-state index in [9.17, 15) is 5.11 Å². The fourth-order valence-corrected chi connectivity index (χ4v) is 2.58. The van der Waals surface area contributed by atoms with E-state index in [0.717, 1.165) is 25.9 Å². The third kappa shape index (κ3) is 2.85. The maximum absolute atomic E-state index is 9.62. The second kappa shape index (κ2) is 5.72. The molecule has 0 aliphatic carbocycles. The number of benzene rings is 1. The quantitative estimate of drug-likeness (QED) is 0.859. The van der Waals surface area contributed by atoms with Crippen molar-refractivity contribution in [2.75, 3.05) is 18.0 Å². The zero-order valence-electron chi connectivity index (χ0n) is 11.3. The van der Waals surface area contributed by atoms with E-state index in [1.165, 1.54) is 11.3 Å². The third-order valence-corrected chi connectivity index (χ3v) is 4.03. The smallest absolute Gasteiger partial charge is 0.0557 e. The number of anilines is 1. The maximum atomic E-state index is 9.62. The first-order valence-corrected chi connectivity index (χ1v) is 6.90. The molecule has 0 bridgehead atoms. The molecular weight excluding hydrogens is 224 g/mol. The number of aliphatic hydroxyl groups is 1. The van der Waals surface area contributed by atoms with E-state index in [4.69, 9.17) is 5.73 Å². The molecule has 100 valence electrons. The highest BCUT2D eigenvalue weighted by Gasteiger charge is 2.25. The summed E-state index contributed by atoms with van der Waals surface area (Å²) in [5.74, 6) is 0.405. The van der Waals surface area contributed by atoms with E-state index in [2.05, 4.69) is 36.1 Å². The Morgan fingerprint density at radius 1 is 1.39 bits per heavy atom. The summed E-state index contributed by atoms with van der Waals surface area (Å²) in [4.78, 5) is 2.35. The molecule has 3 heteroatoms. The number of nitrogens with zero attached hydrogens (tertiary/aromatic N) is 1. The van der Waals surface area contributed by atoms with Crippen molar-refractivity contribution in [3.63, 3.8) is 0 Å². The van der Waals surface area contributed by atoms with Crippen LogP contribution in [-0.4, -0.2) is 24.3 Å². The van der Waals surface area contributed by atoms with Crippen molar-refractivity contribution in [3.05, 3.63) is 29.8 Å². The Bertz CT molecular complexity index is 375. The van der Waals surface area contributed by atoms with Gasteiger partial charge >= 0.3 is 0 Å². The number of aliphatic hydroxyl groups excluding tert-OH is 1. The molecule has 18 heavy (non-hydrogen) atoms. The first kappa shape index (κ1) is 13.4. The molecule has 3 nitrogen and oxygen atoms in total. The van der Waals surface area contributed by atoms with Crippen molar-refractivity contribution in [1.29, 1.82) is 0 Å². The zero-order chi connectivity index (χ0) is 13.1. The van der Waals surface area contributed by atoms with Crippen molar-refractivity contribution in [3.8, 4) is 0 Å². The molecule has 0 aromatic heterocycles. The van der Waals surface area contributed by atoms with Crippen molar-refractivity contribution >= 4 is 5.69 Å². The van der Waals surface area contributed by atoms with Gasteiger partial charge in [0.15, 0.2) is 0 Å². The van der Waals surface area contributed by atoms with E-state index in [-0.39, 0.29) is 12.1 Å². The van der Waals surface area contributed by atoms with Crippen LogP contribution in [0, 0.1) is 5.92 Å². The van der Waals surface area contributed by atoms with Gasteiger partial charge in [0, 0.05) is 30.7 Å². The number of rotatable bonds is 4. The lowest BCUT2D eigenvalue weighted by Crippen LogP contribution is -2.23. The van der Waals surface area contributed by atoms with E-state index >= 15 is 0 Å². The van der Waals surface area contributed by atoms with Crippen molar-refractivity contribution in [1.82, 2.24) is 0 Å². The molecule has 0 radical (unpaired) electrons. The molecule has 0 spiro atoms. The van der Waals surface area contributed by atoms with Gasteiger partial charge in [0.2, 0.25) is 0 Å². The minimum atomic E-state index is -0.206. The van der Waals surface area contributed by atoms with E-state index in [0.29, 0.717) is 5.92 Å². The molecule has 3 unspecified atom stereocenters.